The largest absolute Gasteiger partial charge is 0.369 e. The number of hydrogen-bond donors (Lipinski definition) is 1. The van der Waals surface area contributed by atoms with Crippen LogP contribution in [0.25, 0.3) is 0 Å². The average Bonchev–Trinajstić information content (AvgIpc) is 2.65. The molecule has 0 aliphatic rings. The molecule has 5 nitrogen and oxygen atoms in total. The van der Waals surface area contributed by atoms with Gasteiger partial charge in [0.15, 0.2) is 23.3 Å². The first-order valence-electron chi connectivity index (χ1n) is 8.99. The van der Waals surface area contributed by atoms with E-state index in [1.54, 1.807) is 12.1 Å². The predicted octanol–water partition coefficient (Wildman–Crippen LogP) is 3.83. The van der Waals surface area contributed by atoms with Crippen molar-refractivity contribution in [3.05, 3.63) is 64.2 Å². The maximum atomic E-state index is 14.6. The zero-order valence-electron chi connectivity index (χ0n) is 17.0. The summed E-state index contributed by atoms with van der Waals surface area (Å²) in [6.07, 6.45) is 0. The summed E-state index contributed by atoms with van der Waals surface area (Å²) in [5, 5.41) is 0. The number of halogens is 5. The van der Waals surface area contributed by atoms with Crippen LogP contribution in [0.15, 0.2) is 24.3 Å². The summed E-state index contributed by atoms with van der Waals surface area (Å²) in [6.45, 7) is 3.16. The number of carbonyl (C=O) groups is 1. The van der Waals surface area contributed by atoms with E-state index in [9.17, 15) is 35.2 Å². The number of anilines is 1. The number of rotatable bonds is 7. The van der Waals surface area contributed by atoms with Crippen LogP contribution in [-0.2, 0) is 33.5 Å². The van der Waals surface area contributed by atoms with Crippen LogP contribution in [-0.4, -0.2) is 20.1 Å². The molecule has 2 N–H and O–H groups in total. The zero-order valence-corrected chi connectivity index (χ0v) is 17.8. The van der Waals surface area contributed by atoms with Gasteiger partial charge in [-0.05, 0) is 16.5 Å². The van der Waals surface area contributed by atoms with Crippen LogP contribution in [0.2, 0.25) is 0 Å². The van der Waals surface area contributed by atoms with Gasteiger partial charge >= 0.3 is 0 Å². The van der Waals surface area contributed by atoms with Gasteiger partial charge < -0.3 is 5.73 Å². The second kappa shape index (κ2) is 8.81. The van der Waals surface area contributed by atoms with Crippen molar-refractivity contribution >= 4 is 21.6 Å². The van der Waals surface area contributed by atoms with Crippen LogP contribution in [0.4, 0.5) is 27.6 Å². The van der Waals surface area contributed by atoms with Gasteiger partial charge in [0.1, 0.15) is 18.1 Å². The second-order valence-electron chi connectivity index (χ2n) is 7.89. The third kappa shape index (κ3) is 5.15. The highest BCUT2D eigenvalue weighted by Crippen LogP contribution is 2.34. The molecule has 0 spiro atoms. The average molecular weight is 464 g/mol. The van der Waals surface area contributed by atoms with Crippen LogP contribution in [0.3, 0.4) is 0 Å². The van der Waals surface area contributed by atoms with Crippen molar-refractivity contribution in [1.82, 2.24) is 0 Å². The summed E-state index contributed by atoms with van der Waals surface area (Å²) in [4.78, 5) is 11.2. The zero-order chi connectivity index (χ0) is 23.7. The lowest BCUT2D eigenvalue weighted by Gasteiger charge is -2.26. The number of hydrogen-bond acceptors (Lipinski definition) is 3. The van der Waals surface area contributed by atoms with Crippen molar-refractivity contribution < 1.29 is 35.2 Å². The first kappa shape index (κ1) is 24.6. The van der Waals surface area contributed by atoms with Gasteiger partial charge in [0.2, 0.25) is 15.9 Å². The fourth-order valence-corrected chi connectivity index (χ4v) is 4.15. The van der Waals surface area contributed by atoms with Crippen LogP contribution < -0.4 is 10.0 Å². The quantitative estimate of drug-likeness (QED) is 0.500. The van der Waals surface area contributed by atoms with E-state index in [4.69, 9.17) is 5.73 Å². The molecule has 0 heterocycles. The molecule has 31 heavy (non-hydrogen) atoms. The van der Waals surface area contributed by atoms with E-state index in [0.717, 1.165) is 5.56 Å². The van der Waals surface area contributed by atoms with Crippen molar-refractivity contribution in [3.63, 3.8) is 0 Å². The number of benzene rings is 2. The molecule has 0 aliphatic carbocycles. The number of nitrogens with zero attached hydrogens (tertiary/aromatic N) is 1. The fourth-order valence-electron chi connectivity index (χ4n) is 2.85. The summed E-state index contributed by atoms with van der Waals surface area (Å²) in [6, 6.07) is 6.22. The number of amides is 1. The van der Waals surface area contributed by atoms with Crippen molar-refractivity contribution in [3.8, 4) is 0 Å². The molecule has 0 aromatic heterocycles. The van der Waals surface area contributed by atoms with E-state index in [0.29, 0.717) is 0 Å². The molecule has 170 valence electrons. The highest BCUT2D eigenvalue weighted by atomic mass is 32.2. The van der Waals surface area contributed by atoms with Gasteiger partial charge in [-0.25, -0.2) is 30.4 Å². The SMILES string of the molecule is CC(C)(C)c1ccc(CN(c2c(F)c(F)c(CF)c(F)c2F)S(=O)(=O)CC(N)=O)cc1. The van der Waals surface area contributed by atoms with E-state index in [2.05, 4.69) is 0 Å². The number of primary amides is 1. The first-order chi connectivity index (χ1) is 14.2. The number of nitrogens with two attached hydrogens (primary N) is 1. The molecule has 11 heteroatoms. The Balaban J connectivity index is 2.68. The molecule has 0 unspecified atom stereocenters. The molecule has 0 radical (unpaired) electrons. The first-order valence-corrected chi connectivity index (χ1v) is 10.6. The monoisotopic (exact) mass is 464 g/mol. The van der Waals surface area contributed by atoms with E-state index in [1.165, 1.54) is 12.1 Å². The normalized spacial score (nSPS) is 12.1. The van der Waals surface area contributed by atoms with E-state index in [1.807, 2.05) is 20.8 Å². The Morgan fingerprint density at radius 1 is 0.968 bits per heavy atom. The molecular weight excluding hydrogens is 443 g/mol. The van der Waals surface area contributed by atoms with Gasteiger partial charge in [0.05, 0.1) is 12.1 Å². The number of sulfonamides is 1. The maximum Gasteiger partial charge on any atom is 0.244 e. The fraction of sp³-hybridized carbons (Fsp3) is 0.350. The Hall–Kier alpha value is -2.69. The lowest BCUT2D eigenvalue weighted by Crippen LogP contribution is -2.38. The minimum atomic E-state index is -4.86. The Morgan fingerprint density at radius 3 is 1.84 bits per heavy atom. The van der Waals surface area contributed by atoms with E-state index >= 15 is 0 Å². The maximum absolute atomic E-state index is 14.6. The van der Waals surface area contributed by atoms with E-state index < -0.39 is 69.4 Å². The molecule has 0 atom stereocenters. The van der Waals surface area contributed by atoms with Gasteiger partial charge in [-0.2, -0.15) is 0 Å². The molecule has 0 saturated heterocycles. The van der Waals surface area contributed by atoms with E-state index in [-0.39, 0.29) is 15.3 Å². The number of carbonyl (C=O) groups excluding carboxylic acids is 1. The lowest BCUT2D eigenvalue weighted by atomic mass is 9.87. The van der Waals surface area contributed by atoms with Crippen molar-refractivity contribution in [1.29, 1.82) is 0 Å². The van der Waals surface area contributed by atoms with Gasteiger partial charge in [0, 0.05) is 0 Å². The molecule has 2 rings (SSSR count). The van der Waals surface area contributed by atoms with Gasteiger partial charge in [0.25, 0.3) is 0 Å². The Morgan fingerprint density at radius 2 is 1.45 bits per heavy atom. The minimum Gasteiger partial charge on any atom is -0.369 e. The molecule has 2 aromatic rings. The third-order valence-electron chi connectivity index (χ3n) is 4.52. The Kier molecular flexibility index (Phi) is 6.99. The Bertz CT molecular complexity index is 1070. The minimum absolute atomic E-state index is 0.0166. The van der Waals surface area contributed by atoms with Gasteiger partial charge in [-0.3, -0.25) is 9.10 Å². The van der Waals surface area contributed by atoms with Crippen LogP contribution >= 0.6 is 0 Å². The summed E-state index contributed by atoms with van der Waals surface area (Å²) in [5.41, 5.74) is 2.61. The van der Waals surface area contributed by atoms with Crippen LogP contribution in [0, 0.1) is 23.3 Å². The topological polar surface area (TPSA) is 80.5 Å². The third-order valence-corrected chi connectivity index (χ3v) is 6.15. The van der Waals surface area contributed by atoms with Crippen LogP contribution in [0.5, 0.6) is 0 Å². The molecular formula is C20H21F5N2O3S. The molecule has 0 aliphatic heterocycles. The summed E-state index contributed by atoms with van der Waals surface area (Å²) in [5.74, 6) is -11.1. The van der Waals surface area contributed by atoms with Gasteiger partial charge in [-0.15, -0.1) is 0 Å². The number of alkyl halides is 1. The smallest absolute Gasteiger partial charge is 0.244 e. The standard InChI is InChI=1S/C20H21F5N2O3S/c1-20(2,3)12-6-4-11(5-7-12)9-27(31(29,30)10-14(26)28)19-17(24)15(22)13(8-21)16(23)18(19)25/h4-7H,8-10H2,1-3H3,(H2,26,28). The summed E-state index contributed by atoms with van der Waals surface area (Å²) >= 11 is 0. The highest BCUT2D eigenvalue weighted by molar-refractivity contribution is 7.93. The second-order valence-corrected chi connectivity index (χ2v) is 9.79. The molecule has 2 aromatic carbocycles. The Labute approximate surface area is 176 Å². The van der Waals surface area contributed by atoms with Crippen molar-refractivity contribution in [2.75, 3.05) is 10.1 Å². The lowest BCUT2D eigenvalue weighted by molar-refractivity contribution is -0.115. The highest BCUT2D eigenvalue weighted by Gasteiger charge is 2.35. The molecule has 1 amide bonds. The van der Waals surface area contributed by atoms with Crippen LogP contribution in [0.1, 0.15) is 37.5 Å². The molecule has 0 saturated carbocycles. The van der Waals surface area contributed by atoms with Crippen molar-refractivity contribution in [2.45, 2.75) is 39.4 Å². The molecule has 0 fully saturated rings. The van der Waals surface area contributed by atoms with Gasteiger partial charge in [-0.1, -0.05) is 45.0 Å². The summed E-state index contributed by atoms with van der Waals surface area (Å²) in [7, 11) is -4.86. The predicted molar refractivity (Wildman–Crippen MR) is 105 cm³/mol. The summed E-state index contributed by atoms with van der Waals surface area (Å²) < 4.78 is 95.4. The van der Waals surface area contributed by atoms with Crippen molar-refractivity contribution in [2.24, 2.45) is 5.73 Å². The molecule has 0 bridgehead atoms.